The van der Waals surface area contributed by atoms with Gasteiger partial charge >= 0.3 is 5.97 Å². The number of esters is 1. The molecule has 178 valence electrons. The van der Waals surface area contributed by atoms with Crippen LogP contribution < -0.4 is 10.2 Å². The van der Waals surface area contributed by atoms with Gasteiger partial charge in [0.2, 0.25) is 0 Å². The lowest BCUT2D eigenvalue weighted by Gasteiger charge is -2.21. The molecule has 3 aliphatic rings. The standard InChI is InChI=1S/C23H28Cl2N4O3S/c1-3-32-22(31)20-17(12-7-5-4-6-8-12)28-23(33-20)29-9-13-14(10-29)18(13)27-21(30)19-16(25)15(24)11(2)26-19/h12-14,18,26H,3-10H2,1-2H3,(H,27,30)/t13-,14+,18-. The highest BCUT2D eigenvalue weighted by Crippen LogP contribution is 2.48. The quantitative estimate of drug-likeness (QED) is 0.523. The second-order valence-corrected chi connectivity index (χ2v) is 11.0. The second kappa shape index (κ2) is 9.12. The number of aromatic amines is 1. The van der Waals surface area contributed by atoms with Crippen molar-refractivity contribution in [2.75, 3.05) is 24.6 Å². The van der Waals surface area contributed by atoms with Gasteiger partial charge in [-0.1, -0.05) is 53.8 Å². The third-order valence-corrected chi connectivity index (χ3v) is 9.20. The van der Waals surface area contributed by atoms with Gasteiger partial charge in [-0.3, -0.25) is 4.79 Å². The van der Waals surface area contributed by atoms with Gasteiger partial charge < -0.3 is 19.9 Å². The molecular formula is C23H28Cl2N4O3S. The lowest BCUT2D eigenvalue weighted by molar-refractivity contribution is 0.0529. The van der Waals surface area contributed by atoms with Crippen molar-refractivity contribution in [1.82, 2.24) is 15.3 Å². The Balaban J connectivity index is 1.26. The Labute approximate surface area is 207 Å². The van der Waals surface area contributed by atoms with Crippen molar-refractivity contribution in [3.05, 3.63) is 32.0 Å². The highest BCUT2D eigenvalue weighted by molar-refractivity contribution is 7.17. The van der Waals surface area contributed by atoms with Gasteiger partial charge in [-0.2, -0.15) is 0 Å². The summed E-state index contributed by atoms with van der Waals surface area (Å²) in [5.41, 5.74) is 1.92. The fraction of sp³-hybridized carbons (Fsp3) is 0.609. The van der Waals surface area contributed by atoms with Gasteiger partial charge in [0.25, 0.3) is 5.91 Å². The van der Waals surface area contributed by atoms with E-state index in [1.807, 2.05) is 6.92 Å². The van der Waals surface area contributed by atoms with E-state index in [4.69, 9.17) is 32.9 Å². The maximum absolute atomic E-state index is 12.7. The summed E-state index contributed by atoms with van der Waals surface area (Å²) in [5, 5.41) is 4.65. The number of aromatic nitrogens is 2. The van der Waals surface area contributed by atoms with E-state index in [0.29, 0.717) is 45.6 Å². The number of carbonyl (C=O) groups is 2. The number of hydrogen-bond donors (Lipinski definition) is 2. The normalized spacial score (nSPS) is 24.6. The van der Waals surface area contributed by atoms with E-state index in [9.17, 15) is 9.59 Å². The molecule has 1 amide bonds. The molecule has 0 radical (unpaired) electrons. The Morgan fingerprint density at radius 1 is 1.18 bits per heavy atom. The minimum Gasteiger partial charge on any atom is -0.462 e. The van der Waals surface area contributed by atoms with Crippen molar-refractivity contribution >= 4 is 51.5 Å². The predicted octanol–water partition coefficient (Wildman–Crippen LogP) is 5.18. The number of hydrogen-bond acceptors (Lipinski definition) is 6. The number of nitrogens with one attached hydrogen (secondary N) is 2. The number of halogens is 2. The molecule has 0 aromatic carbocycles. The summed E-state index contributed by atoms with van der Waals surface area (Å²) < 4.78 is 5.33. The summed E-state index contributed by atoms with van der Waals surface area (Å²) in [7, 11) is 0. The maximum atomic E-state index is 12.7. The molecule has 7 nitrogen and oxygen atoms in total. The number of carbonyl (C=O) groups excluding carboxylic acids is 2. The molecule has 3 fully saturated rings. The summed E-state index contributed by atoms with van der Waals surface area (Å²) in [5.74, 6) is 0.597. The number of amides is 1. The molecule has 2 aromatic heterocycles. The number of fused-ring (bicyclic) bond motifs is 1. The average molecular weight is 511 g/mol. The third-order valence-electron chi connectivity index (χ3n) is 7.14. The molecule has 3 atom stereocenters. The maximum Gasteiger partial charge on any atom is 0.350 e. The zero-order valence-electron chi connectivity index (χ0n) is 18.7. The van der Waals surface area contributed by atoms with Crippen LogP contribution >= 0.6 is 34.5 Å². The number of H-pyrrole nitrogens is 1. The number of rotatable bonds is 6. The van der Waals surface area contributed by atoms with Gasteiger partial charge in [-0.15, -0.1) is 0 Å². The largest absolute Gasteiger partial charge is 0.462 e. The summed E-state index contributed by atoms with van der Waals surface area (Å²) in [6.45, 7) is 5.61. The summed E-state index contributed by atoms with van der Waals surface area (Å²) in [6, 6.07) is 0.120. The van der Waals surface area contributed by atoms with Gasteiger partial charge in [-0.05, 0) is 26.7 Å². The predicted molar refractivity (Wildman–Crippen MR) is 130 cm³/mol. The van der Waals surface area contributed by atoms with Gasteiger partial charge in [0.05, 0.1) is 22.3 Å². The zero-order valence-corrected chi connectivity index (χ0v) is 21.1. The molecule has 33 heavy (non-hydrogen) atoms. The molecule has 0 unspecified atom stereocenters. The topological polar surface area (TPSA) is 87.3 Å². The number of aryl methyl sites for hydroxylation is 1. The Hall–Kier alpha value is -1.77. The molecule has 2 N–H and O–H groups in total. The molecule has 1 aliphatic heterocycles. The number of piperidine rings is 1. The molecule has 1 saturated heterocycles. The van der Waals surface area contributed by atoms with Crippen molar-refractivity contribution < 1.29 is 14.3 Å². The van der Waals surface area contributed by atoms with Crippen molar-refractivity contribution in [3.63, 3.8) is 0 Å². The van der Waals surface area contributed by atoms with Crippen LogP contribution in [0.3, 0.4) is 0 Å². The fourth-order valence-electron chi connectivity index (χ4n) is 5.30. The van der Waals surface area contributed by atoms with E-state index >= 15 is 0 Å². The first-order valence-electron chi connectivity index (χ1n) is 11.7. The monoisotopic (exact) mass is 510 g/mol. The lowest BCUT2D eigenvalue weighted by Crippen LogP contribution is -2.34. The van der Waals surface area contributed by atoms with Crippen molar-refractivity contribution in [2.45, 2.75) is 57.9 Å². The van der Waals surface area contributed by atoms with E-state index in [0.717, 1.165) is 36.8 Å². The fourth-order valence-corrected chi connectivity index (χ4v) is 6.78. The van der Waals surface area contributed by atoms with Gasteiger partial charge in [0, 0.05) is 42.6 Å². The molecule has 10 heteroatoms. The van der Waals surface area contributed by atoms with Gasteiger partial charge in [0.15, 0.2) is 5.13 Å². The van der Waals surface area contributed by atoms with E-state index in [-0.39, 0.29) is 22.9 Å². The molecule has 2 aliphatic carbocycles. The summed E-state index contributed by atoms with van der Waals surface area (Å²) in [6.07, 6.45) is 5.79. The second-order valence-electron chi connectivity index (χ2n) is 9.25. The minimum absolute atomic E-state index is 0.120. The van der Waals surface area contributed by atoms with Crippen LogP contribution in [0.25, 0.3) is 0 Å². The smallest absolute Gasteiger partial charge is 0.350 e. The molecule has 5 rings (SSSR count). The van der Waals surface area contributed by atoms with Gasteiger partial charge in [0.1, 0.15) is 10.6 Å². The van der Waals surface area contributed by atoms with Crippen molar-refractivity contribution in [3.8, 4) is 0 Å². The van der Waals surface area contributed by atoms with Crippen LogP contribution in [0.1, 0.15) is 76.5 Å². The summed E-state index contributed by atoms with van der Waals surface area (Å²) in [4.78, 5) is 36.1. The molecule has 0 bridgehead atoms. The van der Waals surface area contributed by atoms with Crippen molar-refractivity contribution in [2.24, 2.45) is 11.8 Å². The van der Waals surface area contributed by atoms with Crippen LogP contribution in [0.2, 0.25) is 10.0 Å². The Kier molecular flexibility index (Phi) is 6.35. The molecule has 2 aromatic rings. The van der Waals surface area contributed by atoms with E-state index in [2.05, 4.69) is 15.2 Å². The first kappa shape index (κ1) is 23.0. The highest BCUT2D eigenvalue weighted by atomic mass is 35.5. The Bertz CT molecular complexity index is 1070. The summed E-state index contributed by atoms with van der Waals surface area (Å²) >= 11 is 13.7. The Morgan fingerprint density at radius 3 is 2.48 bits per heavy atom. The van der Waals surface area contributed by atoms with Crippen LogP contribution in [-0.2, 0) is 4.74 Å². The molecule has 0 spiro atoms. The van der Waals surface area contributed by atoms with E-state index in [1.54, 1.807) is 6.92 Å². The SMILES string of the molecule is CCOC(=O)c1sc(N2C[C@@H]3[C@H](C2)[C@@H]3NC(=O)c2[nH]c(C)c(Cl)c2Cl)nc1C1CCCCC1. The first-order valence-corrected chi connectivity index (χ1v) is 13.2. The lowest BCUT2D eigenvalue weighted by atomic mass is 9.86. The minimum atomic E-state index is -0.256. The van der Waals surface area contributed by atoms with Crippen LogP contribution in [0.15, 0.2) is 0 Å². The first-order chi connectivity index (χ1) is 15.9. The molecular weight excluding hydrogens is 483 g/mol. The van der Waals surface area contributed by atoms with Crippen LogP contribution in [-0.4, -0.2) is 47.6 Å². The zero-order chi connectivity index (χ0) is 23.3. The van der Waals surface area contributed by atoms with Crippen LogP contribution in [0.4, 0.5) is 5.13 Å². The number of anilines is 1. The van der Waals surface area contributed by atoms with Crippen LogP contribution in [0, 0.1) is 18.8 Å². The van der Waals surface area contributed by atoms with E-state index in [1.165, 1.54) is 30.6 Å². The average Bonchev–Trinajstić information content (AvgIpc) is 3.19. The highest BCUT2D eigenvalue weighted by Gasteiger charge is 2.57. The molecule has 3 heterocycles. The van der Waals surface area contributed by atoms with Gasteiger partial charge in [-0.25, -0.2) is 9.78 Å². The number of thiazole rings is 1. The number of ether oxygens (including phenoxy) is 1. The van der Waals surface area contributed by atoms with E-state index < -0.39 is 0 Å². The molecule has 2 saturated carbocycles. The van der Waals surface area contributed by atoms with Crippen molar-refractivity contribution in [1.29, 1.82) is 0 Å². The number of nitrogens with zero attached hydrogens (tertiary/aromatic N) is 2. The Morgan fingerprint density at radius 2 is 1.88 bits per heavy atom. The third kappa shape index (κ3) is 4.26. The van der Waals surface area contributed by atoms with Crippen LogP contribution in [0.5, 0.6) is 0 Å².